The highest BCUT2D eigenvalue weighted by molar-refractivity contribution is 5.31. The molecule has 0 amide bonds. The van der Waals surface area contributed by atoms with E-state index in [1.807, 2.05) is 45.0 Å². The van der Waals surface area contributed by atoms with Gasteiger partial charge in [0.1, 0.15) is 11.3 Å². The zero-order valence-corrected chi connectivity index (χ0v) is 12.2. The third-order valence-electron chi connectivity index (χ3n) is 3.24. The topological polar surface area (TPSA) is 45.0 Å². The van der Waals surface area contributed by atoms with Gasteiger partial charge in [-0.25, -0.2) is 0 Å². The van der Waals surface area contributed by atoms with Gasteiger partial charge in [0, 0.05) is 0 Å². The summed E-state index contributed by atoms with van der Waals surface area (Å²) in [5.74, 6) is 0.956. The number of unbranched alkanes of at least 4 members (excludes halogenated alkanes) is 1. The van der Waals surface area contributed by atoms with Crippen molar-refractivity contribution in [3.63, 3.8) is 0 Å². The summed E-state index contributed by atoms with van der Waals surface area (Å²) in [7, 11) is 0. The number of nitrogens with zero attached hydrogens (tertiary/aromatic N) is 1. The van der Waals surface area contributed by atoms with Crippen LogP contribution in [0.1, 0.15) is 38.7 Å². The molecule has 19 heavy (non-hydrogen) atoms. The van der Waals surface area contributed by atoms with E-state index in [2.05, 4.69) is 11.4 Å². The van der Waals surface area contributed by atoms with Crippen LogP contribution in [0.2, 0.25) is 0 Å². The first-order chi connectivity index (χ1) is 9.11. The van der Waals surface area contributed by atoms with Crippen LogP contribution in [0.25, 0.3) is 0 Å². The number of aryl methyl sites for hydroxylation is 1. The molecule has 1 unspecified atom stereocenters. The summed E-state index contributed by atoms with van der Waals surface area (Å²) < 4.78 is 5.74. The van der Waals surface area contributed by atoms with Crippen molar-refractivity contribution in [1.29, 1.82) is 5.26 Å². The van der Waals surface area contributed by atoms with Gasteiger partial charge in [0.15, 0.2) is 0 Å². The maximum absolute atomic E-state index is 9.14. The van der Waals surface area contributed by atoms with Gasteiger partial charge in [-0.1, -0.05) is 25.1 Å². The van der Waals surface area contributed by atoms with Crippen molar-refractivity contribution in [3.05, 3.63) is 29.8 Å². The molecule has 0 spiro atoms. The minimum absolute atomic E-state index is 0.405. The molecule has 0 aliphatic heterocycles. The largest absolute Gasteiger partial charge is 0.493 e. The molecule has 0 aliphatic carbocycles. The van der Waals surface area contributed by atoms with Crippen LogP contribution in [-0.2, 0) is 0 Å². The third kappa shape index (κ3) is 5.32. The van der Waals surface area contributed by atoms with Gasteiger partial charge in [-0.2, -0.15) is 5.26 Å². The maximum Gasteiger partial charge on any atom is 0.122 e. The number of benzene rings is 1. The summed E-state index contributed by atoms with van der Waals surface area (Å²) >= 11 is 0. The predicted octanol–water partition coefficient (Wildman–Crippen LogP) is 3.44. The molecule has 0 bridgehead atoms. The fraction of sp³-hybridized carbons (Fsp3) is 0.562. The zero-order valence-electron chi connectivity index (χ0n) is 12.2. The average molecular weight is 260 g/mol. The van der Waals surface area contributed by atoms with Crippen LogP contribution in [0, 0.1) is 18.3 Å². The smallest absolute Gasteiger partial charge is 0.122 e. The molecule has 3 nitrogen and oxygen atoms in total. The van der Waals surface area contributed by atoms with Crippen LogP contribution < -0.4 is 10.1 Å². The standard InChI is InChI=1S/C16H24N2O/c1-4-18-16(3,13-17)11-7-8-12-19-15-10-6-5-9-14(15)2/h5-6,9-10,18H,4,7-8,11-12H2,1-3H3. The van der Waals surface area contributed by atoms with Crippen LogP contribution in [0.5, 0.6) is 5.75 Å². The molecule has 104 valence electrons. The highest BCUT2D eigenvalue weighted by atomic mass is 16.5. The first kappa shape index (κ1) is 15.5. The van der Waals surface area contributed by atoms with Gasteiger partial charge in [-0.15, -0.1) is 0 Å². The molecule has 1 rings (SSSR count). The Morgan fingerprint density at radius 2 is 2.05 bits per heavy atom. The van der Waals surface area contributed by atoms with Crippen molar-refractivity contribution >= 4 is 0 Å². The Labute approximate surface area is 116 Å². The number of hydrogen-bond acceptors (Lipinski definition) is 3. The normalized spacial score (nSPS) is 13.6. The number of ether oxygens (including phenoxy) is 1. The molecule has 1 N–H and O–H groups in total. The molecular weight excluding hydrogens is 236 g/mol. The lowest BCUT2D eigenvalue weighted by Gasteiger charge is -2.22. The monoisotopic (exact) mass is 260 g/mol. The summed E-state index contributed by atoms with van der Waals surface area (Å²) in [4.78, 5) is 0. The first-order valence-electron chi connectivity index (χ1n) is 6.96. The molecule has 0 aliphatic rings. The molecule has 0 saturated heterocycles. The lowest BCUT2D eigenvalue weighted by Crippen LogP contribution is -2.40. The molecule has 3 heteroatoms. The zero-order chi connectivity index (χ0) is 14.1. The van der Waals surface area contributed by atoms with Gasteiger partial charge in [-0.3, -0.25) is 5.32 Å². The molecule has 0 aromatic heterocycles. The lowest BCUT2D eigenvalue weighted by molar-refractivity contribution is 0.294. The summed E-state index contributed by atoms with van der Waals surface area (Å²) in [5, 5.41) is 12.4. The Kier molecular flexibility index (Phi) is 6.38. The molecular formula is C16H24N2O. The predicted molar refractivity (Wildman–Crippen MR) is 78.2 cm³/mol. The number of para-hydroxylation sites is 1. The maximum atomic E-state index is 9.14. The van der Waals surface area contributed by atoms with E-state index < -0.39 is 5.54 Å². The Hall–Kier alpha value is -1.53. The molecule has 0 radical (unpaired) electrons. The van der Waals surface area contributed by atoms with Crippen molar-refractivity contribution in [1.82, 2.24) is 5.32 Å². The minimum atomic E-state index is -0.405. The van der Waals surface area contributed by atoms with E-state index in [1.165, 1.54) is 0 Å². The van der Waals surface area contributed by atoms with Gasteiger partial charge in [0.25, 0.3) is 0 Å². The van der Waals surface area contributed by atoms with Crippen molar-refractivity contribution in [2.24, 2.45) is 0 Å². The molecule has 1 atom stereocenters. The van der Waals surface area contributed by atoms with E-state index in [1.54, 1.807) is 0 Å². The SMILES string of the molecule is CCNC(C)(C#N)CCCCOc1ccccc1C. The van der Waals surface area contributed by atoms with Crippen molar-refractivity contribution in [3.8, 4) is 11.8 Å². The van der Waals surface area contributed by atoms with Crippen LogP contribution in [0.3, 0.4) is 0 Å². The van der Waals surface area contributed by atoms with E-state index in [9.17, 15) is 0 Å². The van der Waals surface area contributed by atoms with Gasteiger partial charge >= 0.3 is 0 Å². The second kappa shape index (κ2) is 7.81. The van der Waals surface area contributed by atoms with Crippen LogP contribution in [0.15, 0.2) is 24.3 Å². The number of hydrogen-bond donors (Lipinski definition) is 1. The van der Waals surface area contributed by atoms with Crippen LogP contribution in [0.4, 0.5) is 0 Å². The Bertz CT molecular complexity index is 425. The summed E-state index contributed by atoms with van der Waals surface area (Å²) in [6, 6.07) is 10.4. The molecule has 0 fully saturated rings. The van der Waals surface area contributed by atoms with Gasteiger partial charge in [-0.05, 0) is 51.3 Å². The van der Waals surface area contributed by atoms with Crippen molar-refractivity contribution in [2.75, 3.05) is 13.2 Å². The van der Waals surface area contributed by atoms with Gasteiger partial charge in [0.05, 0.1) is 12.7 Å². The number of rotatable bonds is 8. The second-order valence-corrected chi connectivity index (χ2v) is 5.05. The van der Waals surface area contributed by atoms with Crippen LogP contribution in [-0.4, -0.2) is 18.7 Å². The third-order valence-corrected chi connectivity index (χ3v) is 3.24. The highest BCUT2D eigenvalue weighted by Crippen LogP contribution is 2.17. The first-order valence-corrected chi connectivity index (χ1v) is 6.96. The molecule has 0 saturated carbocycles. The quantitative estimate of drug-likeness (QED) is 0.728. The van der Waals surface area contributed by atoms with E-state index in [4.69, 9.17) is 10.00 Å². The highest BCUT2D eigenvalue weighted by Gasteiger charge is 2.21. The number of nitriles is 1. The van der Waals surface area contributed by atoms with E-state index in [-0.39, 0.29) is 0 Å². The fourth-order valence-electron chi connectivity index (χ4n) is 2.06. The summed E-state index contributed by atoms with van der Waals surface area (Å²) in [5.41, 5.74) is 0.759. The molecule has 1 aromatic rings. The Morgan fingerprint density at radius 1 is 1.32 bits per heavy atom. The van der Waals surface area contributed by atoms with Crippen molar-refractivity contribution < 1.29 is 4.74 Å². The van der Waals surface area contributed by atoms with E-state index in [0.717, 1.165) is 37.1 Å². The van der Waals surface area contributed by atoms with Gasteiger partial charge in [0.2, 0.25) is 0 Å². The van der Waals surface area contributed by atoms with Gasteiger partial charge < -0.3 is 4.74 Å². The summed E-state index contributed by atoms with van der Waals surface area (Å²) in [6.07, 6.45) is 2.81. The molecule has 0 heterocycles. The Balaban J connectivity index is 2.25. The Morgan fingerprint density at radius 3 is 2.68 bits per heavy atom. The van der Waals surface area contributed by atoms with E-state index in [0.29, 0.717) is 6.61 Å². The van der Waals surface area contributed by atoms with Crippen LogP contribution >= 0.6 is 0 Å². The molecule has 1 aromatic carbocycles. The lowest BCUT2D eigenvalue weighted by atomic mass is 9.97. The second-order valence-electron chi connectivity index (χ2n) is 5.05. The minimum Gasteiger partial charge on any atom is -0.493 e. The summed E-state index contributed by atoms with van der Waals surface area (Å²) in [6.45, 7) is 7.56. The van der Waals surface area contributed by atoms with E-state index >= 15 is 0 Å². The number of nitrogens with one attached hydrogen (secondary N) is 1. The average Bonchev–Trinajstić information content (AvgIpc) is 2.41. The van der Waals surface area contributed by atoms with Crippen molar-refractivity contribution in [2.45, 2.75) is 45.6 Å². The fourth-order valence-corrected chi connectivity index (χ4v) is 2.06.